The normalized spacial score (nSPS) is 12.2. The second-order valence-corrected chi connectivity index (χ2v) is 5.00. The molecule has 1 unspecified atom stereocenters. The van der Waals surface area contributed by atoms with Crippen molar-refractivity contribution in [2.24, 2.45) is 0 Å². The summed E-state index contributed by atoms with van der Waals surface area (Å²) in [7, 11) is 3.14. The predicted octanol–water partition coefficient (Wildman–Crippen LogP) is 3.50. The van der Waals surface area contributed by atoms with E-state index >= 15 is 0 Å². The number of hydrogen-bond acceptors (Lipinski definition) is 4. The molecule has 1 heterocycles. The van der Waals surface area contributed by atoms with Crippen molar-refractivity contribution < 1.29 is 14.6 Å². The van der Waals surface area contributed by atoms with E-state index in [1.54, 1.807) is 38.5 Å². The average molecular weight is 285 g/mol. The first-order valence-electron chi connectivity index (χ1n) is 5.30. The molecule has 96 valence electrons. The fourth-order valence-corrected chi connectivity index (χ4v) is 2.85. The Morgan fingerprint density at radius 2 is 2.00 bits per heavy atom. The summed E-state index contributed by atoms with van der Waals surface area (Å²) in [5, 5.41) is 12.7. The van der Waals surface area contributed by atoms with Gasteiger partial charge in [0.1, 0.15) is 17.6 Å². The molecule has 2 aromatic rings. The molecular weight excluding hydrogens is 272 g/mol. The van der Waals surface area contributed by atoms with Gasteiger partial charge in [-0.3, -0.25) is 0 Å². The Morgan fingerprint density at radius 1 is 1.22 bits per heavy atom. The fourth-order valence-electron chi connectivity index (χ4n) is 1.69. The Hall–Kier alpha value is -1.23. The minimum absolute atomic E-state index is 0.561. The summed E-state index contributed by atoms with van der Waals surface area (Å²) in [6.45, 7) is 0. The number of halogens is 1. The van der Waals surface area contributed by atoms with Crippen LogP contribution >= 0.6 is 22.9 Å². The van der Waals surface area contributed by atoms with Gasteiger partial charge >= 0.3 is 0 Å². The van der Waals surface area contributed by atoms with Gasteiger partial charge in [0.2, 0.25) is 0 Å². The Morgan fingerprint density at radius 3 is 2.56 bits per heavy atom. The van der Waals surface area contributed by atoms with Gasteiger partial charge in [-0.1, -0.05) is 11.6 Å². The van der Waals surface area contributed by atoms with Crippen molar-refractivity contribution in [3.8, 4) is 11.5 Å². The molecule has 2 rings (SSSR count). The molecule has 0 aliphatic heterocycles. The van der Waals surface area contributed by atoms with Crippen molar-refractivity contribution in [1.29, 1.82) is 0 Å². The van der Waals surface area contributed by atoms with Crippen molar-refractivity contribution in [3.05, 3.63) is 45.1 Å². The second-order valence-electron chi connectivity index (χ2n) is 3.64. The van der Waals surface area contributed by atoms with E-state index in [1.165, 1.54) is 11.3 Å². The molecule has 1 N–H and O–H groups in total. The second kappa shape index (κ2) is 5.61. The largest absolute Gasteiger partial charge is 0.497 e. The molecule has 0 saturated heterocycles. The van der Waals surface area contributed by atoms with Crippen LogP contribution in [0.5, 0.6) is 11.5 Å². The molecule has 0 amide bonds. The number of hydrogen-bond donors (Lipinski definition) is 1. The third-order valence-electron chi connectivity index (χ3n) is 2.63. The number of thiophene rings is 1. The molecule has 0 fully saturated rings. The van der Waals surface area contributed by atoms with Crippen molar-refractivity contribution >= 4 is 22.9 Å². The van der Waals surface area contributed by atoms with E-state index < -0.39 is 6.10 Å². The highest BCUT2D eigenvalue weighted by atomic mass is 35.5. The van der Waals surface area contributed by atoms with Crippen molar-refractivity contribution in [2.75, 3.05) is 14.2 Å². The zero-order chi connectivity index (χ0) is 13.1. The molecule has 0 saturated carbocycles. The number of methoxy groups -OCH3 is 2. The molecule has 1 aromatic carbocycles. The lowest BCUT2D eigenvalue weighted by molar-refractivity contribution is 0.218. The topological polar surface area (TPSA) is 38.7 Å². The van der Waals surface area contributed by atoms with Gasteiger partial charge in [0, 0.05) is 11.6 Å². The minimum Gasteiger partial charge on any atom is -0.497 e. The molecular formula is C13H13ClO3S. The standard InChI is InChI=1S/C13H13ClO3S/c1-16-8-3-4-9(11(7-8)17-2)12(15)13-10(14)5-6-18-13/h3-7,12,15H,1-2H3. The van der Waals surface area contributed by atoms with Crippen LogP contribution in [0.2, 0.25) is 5.02 Å². The Kier molecular flexibility index (Phi) is 4.11. The number of benzene rings is 1. The third kappa shape index (κ3) is 2.46. The van der Waals surface area contributed by atoms with Gasteiger partial charge in [0.05, 0.1) is 24.1 Å². The highest BCUT2D eigenvalue weighted by molar-refractivity contribution is 7.10. The van der Waals surface area contributed by atoms with Crippen LogP contribution in [0.4, 0.5) is 0 Å². The van der Waals surface area contributed by atoms with Crippen LogP contribution in [-0.2, 0) is 0 Å². The Labute approximate surface area is 115 Å². The quantitative estimate of drug-likeness (QED) is 0.934. The van der Waals surface area contributed by atoms with Gasteiger partial charge in [0.15, 0.2) is 0 Å². The molecule has 0 radical (unpaired) electrons. The van der Waals surface area contributed by atoms with Crippen LogP contribution in [0.15, 0.2) is 29.6 Å². The van der Waals surface area contributed by atoms with Gasteiger partial charge in [-0.25, -0.2) is 0 Å². The van der Waals surface area contributed by atoms with Gasteiger partial charge in [-0.05, 0) is 23.6 Å². The van der Waals surface area contributed by atoms with Crippen LogP contribution in [0, 0.1) is 0 Å². The summed E-state index contributed by atoms with van der Waals surface area (Å²) in [5.41, 5.74) is 0.669. The number of ether oxygens (including phenoxy) is 2. The summed E-state index contributed by atoms with van der Waals surface area (Å²) >= 11 is 7.44. The number of aliphatic hydroxyl groups excluding tert-OH is 1. The number of aliphatic hydroxyl groups is 1. The molecule has 0 spiro atoms. The van der Waals surface area contributed by atoms with Gasteiger partial charge in [-0.2, -0.15) is 0 Å². The summed E-state index contributed by atoms with van der Waals surface area (Å²) in [4.78, 5) is 0.708. The predicted molar refractivity (Wildman–Crippen MR) is 72.9 cm³/mol. The zero-order valence-corrected chi connectivity index (χ0v) is 11.6. The molecule has 3 nitrogen and oxygen atoms in total. The van der Waals surface area contributed by atoms with Crippen LogP contribution in [0.25, 0.3) is 0 Å². The maximum absolute atomic E-state index is 10.3. The molecule has 1 aromatic heterocycles. The highest BCUT2D eigenvalue weighted by Crippen LogP contribution is 2.37. The maximum Gasteiger partial charge on any atom is 0.128 e. The third-order valence-corrected chi connectivity index (χ3v) is 4.04. The Balaban J connectivity index is 2.41. The van der Waals surface area contributed by atoms with E-state index in [-0.39, 0.29) is 0 Å². The van der Waals surface area contributed by atoms with E-state index in [4.69, 9.17) is 21.1 Å². The molecule has 0 aliphatic rings. The lowest BCUT2D eigenvalue weighted by Gasteiger charge is -2.15. The molecule has 18 heavy (non-hydrogen) atoms. The summed E-state index contributed by atoms with van der Waals surface area (Å²) in [6.07, 6.45) is -0.793. The first-order valence-corrected chi connectivity index (χ1v) is 6.56. The summed E-state index contributed by atoms with van der Waals surface area (Å²) in [5.74, 6) is 1.26. The summed E-state index contributed by atoms with van der Waals surface area (Å²) in [6, 6.07) is 7.06. The smallest absolute Gasteiger partial charge is 0.128 e. The number of rotatable bonds is 4. The van der Waals surface area contributed by atoms with E-state index in [9.17, 15) is 5.11 Å². The van der Waals surface area contributed by atoms with E-state index in [0.717, 1.165) is 0 Å². The maximum atomic E-state index is 10.3. The lowest BCUT2D eigenvalue weighted by Crippen LogP contribution is -2.01. The van der Waals surface area contributed by atoms with Gasteiger partial charge < -0.3 is 14.6 Å². The lowest BCUT2D eigenvalue weighted by atomic mass is 10.1. The first kappa shape index (κ1) is 13.2. The van der Waals surface area contributed by atoms with Gasteiger partial charge in [0.25, 0.3) is 0 Å². The Bertz CT molecular complexity index is 539. The van der Waals surface area contributed by atoms with Crippen LogP contribution in [0.1, 0.15) is 16.5 Å². The average Bonchev–Trinajstić information content (AvgIpc) is 2.83. The van der Waals surface area contributed by atoms with Crippen LogP contribution in [-0.4, -0.2) is 19.3 Å². The van der Waals surface area contributed by atoms with E-state index in [0.29, 0.717) is 27.0 Å². The van der Waals surface area contributed by atoms with Crippen molar-refractivity contribution in [3.63, 3.8) is 0 Å². The van der Waals surface area contributed by atoms with E-state index in [1.807, 2.05) is 5.38 Å². The molecule has 5 heteroatoms. The van der Waals surface area contributed by atoms with Crippen molar-refractivity contribution in [2.45, 2.75) is 6.10 Å². The minimum atomic E-state index is -0.793. The van der Waals surface area contributed by atoms with Crippen LogP contribution in [0.3, 0.4) is 0 Å². The summed E-state index contributed by atoms with van der Waals surface area (Å²) < 4.78 is 10.4. The van der Waals surface area contributed by atoms with Crippen molar-refractivity contribution in [1.82, 2.24) is 0 Å². The first-order chi connectivity index (χ1) is 8.67. The monoisotopic (exact) mass is 284 g/mol. The SMILES string of the molecule is COc1ccc(C(O)c2sccc2Cl)c(OC)c1. The fraction of sp³-hybridized carbons (Fsp3) is 0.231. The molecule has 1 atom stereocenters. The van der Waals surface area contributed by atoms with E-state index in [2.05, 4.69) is 0 Å². The van der Waals surface area contributed by atoms with Gasteiger partial charge in [-0.15, -0.1) is 11.3 Å². The molecule has 0 bridgehead atoms. The van der Waals surface area contributed by atoms with Crippen LogP contribution < -0.4 is 9.47 Å². The molecule has 0 aliphatic carbocycles. The zero-order valence-electron chi connectivity index (χ0n) is 10.0. The highest BCUT2D eigenvalue weighted by Gasteiger charge is 2.19.